The van der Waals surface area contributed by atoms with Gasteiger partial charge in [-0.25, -0.2) is 0 Å². The molecule has 1 aromatic heterocycles. The molecule has 1 aromatic rings. The van der Waals surface area contributed by atoms with E-state index in [0.717, 1.165) is 26.1 Å². The van der Waals surface area contributed by atoms with Gasteiger partial charge in [0.2, 0.25) is 0 Å². The Labute approximate surface area is 89.2 Å². The number of aliphatic hydroxyl groups is 1. The predicted octanol–water partition coefficient (Wildman–Crippen LogP) is 1.95. The number of hydrogen-bond acceptors (Lipinski definition) is 3. The third-order valence-corrected chi connectivity index (χ3v) is 3.81. The average Bonchev–Trinajstić information content (AvgIpc) is 2.75. The van der Waals surface area contributed by atoms with E-state index < -0.39 is 0 Å². The Morgan fingerprint density at radius 2 is 2.57 bits per heavy atom. The maximum atomic E-state index is 9.47. The van der Waals surface area contributed by atoms with Crippen LogP contribution in [0.2, 0.25) is 0 Å². The van der Waals surface area contributed by atoms with E-state index in [0.29, 0.717) is 5.92 Å². The maximum Gasteiger partial charge on any atom is 0.0552 e. The fourth-order valence-corrected chi connectivity index (χ4v) is 2.77. The summed E-state index contributed by atoms with van der Waals surface area (Å²) in [5.74, 6) is 0.481. The Bertz CT molecular complexity index is 271. The summed E-state index contributed by atoms with van der Waals surface area (Å²) in [4.78, 5) is 3.86. The molecule has 2 heterocycles. The van der Waals surface area contributed by atoms with Crippen molar-refractivity contribution in [1.29, 1.82) is 0 Å². The molecule has 1 N–H and O–H groups in total. The van der Waals surface area contributed by atoms with Crippen molar-refractivity contribution in [2.75, 3.05) is 13.1 Å². The van der Waals surface area contributed by atoms with Crippen LogP contribution in [0, 0.1) is 5.92 Å². The van der Waals surface area contributed by atoms with Gasteiger partial charge in [0.05, 0.1) is 6.10 Å². The number of hydrogen-bond donors (Lipinski definition) is 1. The summed E-state index contributed by atoms with van der Waals surface area (Å²) in [6.07, 6.45) is 0.992. The van der Waals surface area contributed by atoms with Crippen LogP contribution < -0.4 is 0 Å². The van der Waals surface area contributed by atoms with E-state index in [-0.39, 0.29) is 6.10 Å². The van der Waals surface area contributed by atoms with E-state index in [1.54, 1.807) is 0 Å². The minimum Gasteiger partial charge on any atom is -0.393 e. The number of likely N-dealkylation sites (tertiary alicyclic amines) is 1. The van der Waals surface area contributed by atoms with E-state index >= 15 is 0 Å². The molecular weight excluding hydrogens is 194 g/mol. The molecule has 0 radical (unpaired) electrons. The summed E-state index contributed by atoms with van der Waals surface area (Å²) < 4.78 is 0. The van der Waals surface area contributed by atoms with Gasteiger partial charge in [0.25, 0.3) is 0 Å². The van der Waals surface area contributed by atoms with Gasteiger partial charge in [-0.2, -0.15) is 0 Å². The molecule has 0 aromatic carbocycles. The highest BCUT2D eigenvalue weighted by molar-refractivity contribution is 7.09. The highest BCUT2D eigenvalue weighted by atomic mass is 32.1. The van der Waals surface area contributed by atoms with Crippen molar-refractivity contribution in [3.63, 3.8) is 0 Å². The van der Waals surface area contributed by atoms with Crippen LogP contribution in [-0.2, 0) is 6.54 Å². The second kappa shape index (κ2) is 4.43. The summed E-state index contributed by atoms with van der Waals surface area (Å²) >= 11 is 1.82. The van der Waals surface area contributed by atoms with Crippen molar-refractivity contribution >= 4 is 11.3 Å². The summed E-state index contributed by atoms with van der Waals surface area (Å²) in [5, 5.41) is 11.6. The summed E-state index contributed by atoms with van der Waals surface area (Å²) in [7, 11) is 0. The van der Waals surface area contributed by atoms with Gasteiger partial charge in [-0.15, -0.1) is 11.3 Å². The van der Waals surface area contributed by atoms with Crippen molar-refractivity contribution in [3.05, 3.63) is 22.4 Å². The number of aliphatic hydroxyl groups excluding tert-OH is 1. The minimum atomic E-state index is -0.150. The summed E-state index contributed by atoms with van der Waals surface area (Å²) in [6.45, 7) is 5.14. The van der Waals surface area contributed by atoms with Crippen molar-refractivity contribution in [2.45, 2.75) is 26.0 Å². The van der Waals surface area contributed by atoms with Crippen LogP contribution in [0.4, 0.5) is 0 Å². The topological polar surface area (TPSA) is 23.5 Å². The second-order valence-corrected chi connectivity index (χ2v) is 5.14. The Morgan fingerprint density at radius 3 is 3.14 bits per heavy atom. The quantitative estimate of drug-likeness (QED) is 0.826. The van der Waals surface area contributed by atoms with Crippen LogP contribution in [0.5, 0.6) is 0 Å². The van der Waals surface area contributed by atoms with E-state index in [1.807, 2.05) is 18.3 Å². The Hall–Kier alpha value is -0.380. The fourth-order valence-electron chi connectivity index (χ4n) is 2.02. The number of rotatable bonds is 3. The van der Waals surface area contributed by atoms with Gasteiger partial charge >= 0.3 is 0 Å². The molecule has 2 atom stereocenters. The van der Waals surface area contributed by atoms with Crippen LogP contribution in [0.1, 0.15) is 18.2 Å². The molecule has 2 unspecified atom stereocenters. The van der Waals surface area contributed by atoms with E-state index in [4.69, 9.17) is 0 Å². The van der Waals surface area contributed by atoms with Crippen molar-refractivity contribution in [2.24, 2.45) is 5.92 Å². The molecule has 1 saturated heterocycles. The largest absolute Gasteiger partial charge is 0.393 e. The van der Waals surface area contributed by atoms with Crippen LogP contribution >= 0.6 is 11.3 Å². The molecule has 3 heteroatoms. The predicted molar refractivity (Wildman–Crippen MR) is 59.4 cm³/mol. The first kappa shape index (κ1) is 10.1. The van der Waals surface area contributed by atoms with Gasteiger partial charge < -0.3 is 5.11 Å². The zero-order valence-electron chi connectivity index (χ0n) is 8.52. The molecule has 1 fully saturated rings. The molecule has 0 amide bonds. The third kappa shape index (κ3) is 2.35. The zero-order chi connectivity index (χ0) is 9.97. The first-order valence-corrected chi connectivity index (χ1v) is 6.06. The Kier molecular flexibility index (Phi) is 3.21. The monoisotopic (exact) mass is 211 g/mol. The minimum absolute atomic E-state index is 0.150. The van der Waals surface area contributed by atoms with E-state index in [9.17, 15) is 5.11 Å². The lowest BCUT2D eigenvalue weighted by Crippen LogP contribution is -2.23. The Morgan fingerprint density at radius 1 is 1.71 bits per heavy atom. The molecule has 78 valence electrons. The lowest BCUT2D eigenvalue weighted by atomic mass is 10.0. The maximum absolute atomic E-state index is 9.47. The smallest absolute Gasteiger partial charge is 0.0552 e. The lowest BCUT2D eigenvalue weighted by molar-refractivity contribution is 0.127. The van der Waals surface area contributed by atoms with E-state index in [2.05, 4.69) is 22.4 Å². The highest BCUT2D eigenvalue weighted by Gasteiger charge is 2.25. The normalized spacial score (nSPS) is 25.4. The Balaban J connectivity index is 1.84. The first-order valence-electron chi connectivity index (χ1n) is 5.18. The second-order valence-electron chi connectivity index (χ2n) is 4.10. The van der Waals surface area contributed by atoms with Crippen LogP contribution in [0.25, 0.3) is 0 Å². The molecule has 14 heavy (non-hydrogen) atoms. The van der Waals surface area contributed by atoms with Gasteiger partial charge in [-0.3, -0.25) is 4.90 Å². The molecule has 0 saturated carbocycles. The van der Waals surface area contributed by atoms with Gasteiger partial charge in [-0.1, -0.05) is 6.07 Å². The molecule has 1 aliphatic rings. The van der Waals surface area contributed by atoms with Gasteiger partial charge in [0, 0.05) is 18.0 Å². The zero-order valence-corrected chi connectivity index (χ0v) is 9.33. The first-order chi connectivity index (χ1) is 6.75. The van der Waals surface area contributed by atoms with Gasteiger partial charge in [0.1, 0.15) is 0 Å². The van der Waals surface area contributed by atoms with E-state index in [1.165, 1.54) is 4.88 Å². The molecule has 0 bridgehead atoms. The fraction of sp³-hybridized carbons (Fsp3) is 0.636. The average molecular weight is 211 g/mol. The standard InChI is InChI=1S/C11H17NOS/c1-9(13)10-4-5-12(7-10)8-11-3-2-6-14-11/h2-3,6,9-10,13H,4-5,7-8H2,1H3. The van der Waals surface area contributed by atoms with Crippen LogP contribution in [0.15, 0.2) is 17.5 Å². The van der Waals surface area contributed by atoms with Crippen molar-refractivity contribution in [3.8, 4) is 0 Å². The SMILES string of the molecule is CC(O)C1CCN(Cc2cccs2)C1. The summed E-state index contributed by atoms with van der Waals surface area (Å²) in [6, 6.07) is 4.28. The molecule has 1 aliphatic heterocycles. The molecule has 2 nitrogen and oxygen atoms in total. The van der Waals surface area contributed by atoms with Crippen molar-refractivity contribution in [1.82, 2.24) is 4.90 Å². The molecule has 2 rings (SSSR count). The number of thiophene rings is 1. The third-order valence-electron chi connectivity index (χ3n) is 2.95. The summed E-state index contributed by atoms with van der Waals surface area (Å²) in [5.41, 5.74) is 0. The van der Waals surface area contributed by atoms with Gasteiger partial charge in [0.15, 0.2) is 0 Å². The number of nitrogens with zero attached hydrogens (tertiary/aromatic N) is 1. The highest BCUT2D eigenvalue weighted by Crippen LogP contribution is 2.22. The molecule has 0 spiro atoms. The molecular formula is C11H17NOS. The van der Waals surface area contributed by atoms with Crippen molar-refractivity contribution < 1.29 is 5.11 Å². The van der Waals surface area contributed by atoms with Crippen LogP contribution in [-0.4, -0.2) is 29.2 Å². The lowest BCUT2D eigenvalue weighted by Gasteiger charge is -2.16. The molecule has 0 aliphatic carbocycles. The van der Waals surface area contributed by atoms with Crippen LogP contribution in [0.3, 0.4) is 0 Å². The van der Waals surface area contributed by atoms with Gasteiger partial charge in [-0.05, 0) is 37.3 Å².